The molecule has 0 amide bonds. The summed E-state index contributed by atoms with van der Waals surface area (Å²) >= 11 is 0. The maximum absolute atomic E-state index is 9.90. The molecule has 1 fully saturated rings. The van der Waals surface area contributed by atoms with Gasteiger partial charge in [-0.2, -0.15) is 0 Å². The van der Waals surface area contributed by atoms with E-state index in [2.05, 4.69) is 22.7 Å². The first-order chi connectivity index (χ1) is 9.15. The van der Waals surface area contributed by atoms with E-state index in [9.17, 15) is 5.02 Å². The van der Waals surface area contributed by atoms with Crippen molar-refractivity contribution in [2.45, 2.75) is 32.6 Å². The Kier molecular flexibility index (Phi) is 4.77. The molecule has 0 aromatic heterocycles. The van der Waals surface area contributed by atoms with E-state index in [0.29, 0.717) is 0 Å². The molecule has 19 heavy (non-hydrogen) atoms. The van der Waals surface area contributed by atoms with Crippen molar-refractivity contribution in [1.29, 1.82) is 0 Å². The van der Waals surface area contributed by atoms with Crippen LogP contribution in [-0.4, -0.2) is 37.8 Å². The fourth-order valence-corrected chi connectivity index (χ4v) is 2.87. The molecule has 2 rings (SSSR count). The number of nitrogens with zero attached hydrogens (tertiary/aromatic N) is 2. The molecule has 0 saturated carbocycles. The molecule has 1 N–H and O–H groups in total. The molecule has 0 radical (unpaired) electrons. The first-order valence-electron chi connectivity index (χ1n) is 6.73. The van der Waals surface area contributed by atoms with Crippen LogP contribution >= 0.6 is 0 Å². The van der Waals surface area contributed by atoms with Gasteiger partial charge in [0.05, 0.1) is 0 Å². The number of hydrogen-bond donors (Lipinski definition) is 1. The fourth-order valence-electron chi connectivity index (χ4n) is 2.87. The van der Waals surface area contributed by atoms with Crippen LogP contribution in [0.2, 0.25) is 6.82 Å². The molecule has 1 unspecified atom stereocenters. The van der Waals surface area contributed by atoms with E-state index >= 15 is 0 Å². The number of hydrogen-bond acceptors (Lipinski definition) is 4. The van der Waals surface area contributed by atoms with E-state index in [-0.39, 0.29) is 6.04 Å². The molecule has 1 heterocycles. The summed E-state index contributed by atoms with van der Waals surface area (Å²) in [5, 5.41) is 9.90. The van der Waals surface area contributed by atoms with Gasteiger partial charge in [-0.25, -0.2) is 0 Å². The Morgan fingerprint density at radius 2 is 2.32 bits per heavy atom. The molecule has 1 aliphatic heterocycles. The van der Waals surface area contributed by atoms with E-state index in [1.807, 2.05) is 19.0 Å². The summed E-state index contributed by atoms with van der Waals surface area (Å²) in [6.07, 6.45) is 2.17. The van der Waals surface area contributed by atoms with Crippen LogP contribution in [-0.2, 0) is 4.65 Å². The summed E-state index contributed by atoms with van der Waals surface area (Å²) < 4.78 is 4.92. The van der Waals surface area contributed by atoms with Crippen molar-refractivity contribution in [3.05, 3.63) is 29.3 Å². The van der Waals surface area contributed by atoms with Crippen molar-refractivity contribution in [3.63, 3.8) is 0 Å². The maximum atomic E-state index is 9.90. The zero-order chi connectivity index (χ0) is 13.8. The zero-order valence-corrected chi connectivity index (χ0v) is 11.8. The molecule has 0 bridgehead atoms. The summed E-state index contributed by atoms with van der Waals surface area (Å²) in [7, 11) is 2.63. The van der Waals surface area contributed by atoms with Gasteiger partial charge >= 0.3 is 115 Å². The standard InChI is InChI=1S/C13H20B2N2O2/c1-10-6-4-7-11(16-14-19-3)13(10)12-8-5-9-17(12)15(2)18/h4,6-7,12,18H,5,8-9H2,1-3H3. The van der Waals surface area contributed by atoms with Gasteiger partial charge in [0.15, 0.2) is 0 Å². The molecular formula is C13H20B2N2O2. The van der Waals surface area contributed by atoms with Gasteiger partial charge in [-0.05, 0) is 0 Å². The summed E-state index contributed by atoms with van der Waals surface area (Å²) in [6.45, 7) is 4.86. The van der Waals surface area contributed by atoms with Crippen LogP contribution in [0.3, 0.4) is 0 Å². The molecule has 1 aromatic carbocycles. The van der Waals surface area contributed by atoms with E-state index in [1.54, 1.807) is 7.11 Å². The van der Waals surface area contributed by atoms with Gasteiger partial charge in [0.2, 0.25) is 0 Å². The van der Waals surface area contributed by atoms with Crippen LogP contribution in [0.4, 0.5) is 5.69 Å². The molecule has 4 nitrogen and oxygen atoms in total. The number of aryl methyl sites for hydroxylation is 1. The Morgan fingerprint density at radius 3 is 3.00 bits per heavy atom. The van der Waals surface area contributed by atoms with E-state index in [0.717, 1.165) is 25.1 Å². The average Bonchev–Trinajstić information content (AvgIpc) is 2.85. The van der Waals surface area contributed by atoms with Crippen molar-refractivity contribution in [2.24, 2.45) is 4.90 Å². The van der Waals surface area contributed by atoms with Crippen LogP contribution in [0, 0.1) is 6.92 Å². The molecule has 100 valence electrons. The summed E-state index contributed by atoms with van der Waals surface area (Å²) in [4.78, 5) is 6.50. The molecule has 1 aliphatic rings. The van der Waals surface area contributed by atoms with Crippen molar-refractivity contribution < 1.29 is 9.68 Å². The Bertz CT molecular complexity index is 466. The van der Waals surface area contributed by atoms with Gasteiger partial charge in [0, 0.05) is 0 Å². The van der Waals surface area contributed by atoms with Crippen LogP contribution in [0.25, 0.3) is 0 Å². The third kappa shape index (κ3) is 3.07. The fraction of sp³-hybridized carbons (Fsp3) is 0.538. The molecule has 1 atom stereocenters. The Hall–Kier alpha value is -1.13. The number of rotatable bonds is 4. The average molecular weight is 258 g/mol. The SMILES string of the molecule is COB=Nc1cccc(C)c1C1CCCN1B(C)O. The molecular weight excluding hydrogens is 238 g/mol. The molecule has 0 aliphatic carbocycles. The third-order valence-electron chi connectivity index (χ3n) is 3.71. The van der Waals surface area contributed by atoms with Gasteiger partial charge in [0.25, 0.3) is 0 Å². The quantitative estimate of drug-likeness (QED) is 0.843. The predicted molar refractivity (Wildman–Crippen MR) is 78.5 cm³/mol. The Morgan fingerprint density at radius 1 is 1.53 bits per heavy atom. The normalized spacial score (nSPS) is 19.7. The number of benzene rings is 1. The first kappa shape index (κ1) is 14.3. The van der Waals surface area contributed by atoms with Crippen LogP contribution in [0.15, 0.2) is 23.1 Å². The van der Waals surface area contributed by atoms with Crippen LogP contribution in [0.1, 0.15) is 30.0 Å². The summed E-state index contributed by atoms with van der Waals surface area (Å²) in [6, 6.07) is 6.34. The minimum absolute atomic E-state index is 0.241. The van der Waals surface area contributed by atoms with Crippen LogP contribution < -0.4 is 0 Å². The molecule has 1 saturated heterocycles. The van der Waals surface area contributed by atoms with Crippen LogP contribution in [0.5, 0.6) is 0 Å². The third-order valence-corrected chi connectivity index (χ3v) is 3.71. The van der Waals surface area contributed by atoms with Gasteiger partial charge in [-0.1, -0.05) is 0 Å². The van der Waals surface area contributed by atoms with Gasteiger partial charge in [0.1, 0.15) is 0 Å². The van der Waals surface area contributed by atoms with E-state index in [1.165, 1.54) is 18.4 Å². The molecule has 0 spiro atoms. The second-order valence-corrected chi connectivity index (χ2v) is 5.01. The second kappa shape index (κ2) is 6.35. The van der Waals surface area contributed by atoms with Crippen molar-refractivity contribution >= 4 is 20.0 Å². The molecule has 1 aromatic rings. The monoisotopic (exact) mass is 258 g/mol. The summed E-state index contributed by atoms with van der Waals surface area (Å²) in [5.41, 5.74) is 3.34. The van der Waals surface area contributed by atoms with Gasteiger partial charge in [-0.15, -0.1) is 0 Å². The topological polar surface area (TPSA) is 45.1 Å². The van der Waals surface area contributed by atoms with Crippen molar-refractivity contribution in [1.82, 2.24) is 4.81 Å². The minimum atomic E-state index is -0.425. The van der Waals surface area contributed by atoms with Gasteiger partial charge in [-0.3, -0.25) is 0 Å². The van der Waals surface area contributed by atoms with E-state index in [4.69, 9.17) is 4.65 Å². The Balaban J connectivity index is 2.40. The second-order valence-electron chi connectivity index (χ2n) is 5.01. The Labute approximate surface area is 115 Å². The van der Waals surface area contributed by atoms with Gasteiger partial charge < -0.3 is 0 Å². The van der Waals surface area contributed by atoms with E-state index < -0.39 is 7.05 Å². The predicted octanol–water partition coefficient (Wildman–Crippen LogP) is 2.32. The first-order valence-corrected chi connectivity index (χ1v) is 6.73. The van der Waals surface area contributed by atoms with Crippen molar-refractivity contribution in [3.8, 4) is 0 Å². The molecule has 6 heteroatoms. The zero-order valence-electron chi connectivity index (χ0n) is 11.8. The van der Waals surface area contributed by atoms with Crippen molar-refractivity contribution in [2.75, 3.05) is 13.7 Å². The summed E-state index contributed by atoms with van der Waals surface area (Å²) in [5.74, 6) is 0.